The number of nitrogens with zero attached hydrogens (tertiary/aromatic N) is 1. The van der Waals surface area contributed by atoms with Crippen LogP contribution in [0.3, 0.4) is 0 Å². The van der Waals surface area contributed by atoms with Gasteiger partial charge >= 0.3 is 0 Å². The second kappa shape index (κ2) is 3.40. The first-order valence-electron chi connectivity index (χ1n) is 4.46. The summed E-state index contributed by atoms with van der Waals surface area (Å²) in [5.41, 5.74) is 7.84. The smallest absolute Gasteiger partial charge is 0.225 e. The second-order valence-electron chi connectivity index (χ2n) is 3.27. The quantitative estimate of drug-likeness (QED) is 0.748. The van der Waals surface area contributed by atoms with Gasteiger partial charge in [-0.25, -0.2) is 4.98 Å². The topological polar surface area (TPSA) is 72.3 Å². The highest BCUT2D eigenvalue weighted by Gasteiger charge is 2.13. The number of hydrogen-bond acceptors (Lipinski definition) is 4. The summed E-state index contributed by atoms with van der Waals surface area (Å²) in [6, 6.07) is 5.69. The Hall–Kier alpha value is -1.39. The van der Waals surface area contributed by atoms with Crippen molar-refractivity contribution in [3.63, 3.8) is 0 Å². The Morgan fingerprint density at radius 2 is 2.36 bits per heavy atom. The molecule has 14 heavy (non-hydrogen) atoms. The van der Waals surface area contributed by atoms with Gasteiger partial charge in [-0.15, -0.1) is 0 Å². The molecule has 4 nitrogen and oxygen atoms in total. The van der Waals surface area contributed by atoms with Gasteiger partial charge in [0, 0.05) is 6.54 Å². The molecule has 2 aromatic rings. The van der Waals surface area contributed by atoms with E-state index in [1.165, 1.54) is 0 Å². The predicted molar refractivity (Wildman–Crippen MR) is 52.8 cm³/mol. The van der Waals surface area contributed by atoms with Crippen molar-refractivity contribution in [2.45, 2.75) is 13.0 Å². The number of rotatable bonds is 2. The van der Waals surface area contributed by atoms with Crippen LogP contribution in [0.2, 0.25) is 0 Å². The van der Waals surface area contributed by atoms with E-state index in [2.05, 4.69) is 4.98 Å². The van der Waals surface area contributed by atoms with Crippen LogP contribution in [0.5, 0.6) is 0 Å². The monoisotopic (exact) mass is 192 g/mol. The van der Waals surface area contributed by atoms with Crippen LogP contribution in [0.25, 0.3) is 11.1 Å². The molecule has 0 saturated carbocycles. The van der Waals surface area contributed by atoms with Gasteiger partial charge in [0.1, 0.15) is 11.6 Å². The molecule has 0 aliphatic rings. The zero-order valence-corrected chi connectivity index (χ0v) is 7.90. The van der Waals surface area contributed by atoms with Gasteiger partial charge in [0.15, 0.2) is 5.58 Å². The lowest BCUT2D eigenvalue weighted by atomic mass is 10.2. The van der Waals surface area contributed by atoms with Crippen LogP contribution in [-0.2, 0) is 0 Å². The molecule has 0 spiro atoms. The molecular formula is C10H12N2O2. The summed E-state index contributed by atoms with van der Waals surface area (Å²) < 4.78 is 5.36. The van der Waals surface area contributed by atoms with Crippen LogP contribution in [0.4, 0.5) is 0 Å². The first-order valence-corrected chi connectivity index (χ1v) is 4.46. The van der Waals surface area contributed by atoms with Gasteiger partial charge in [-0.1, -0.05) is 6.07 Å². The van der Waals surface area contributed by atoms with Crippen molar-refractivity contribution in [2.75, 3.05) is 6.54 Å². The van der Waals surface area contributed by atoms with E-state index in [1.807, 2.05) is 25.1 Å². The molecule has 4 heteroatoms. The maximum absolute atomic E-state index is 9.42. The number of aromatic nitrogens is 1. The molecule has 0 amide bonds. The van der Waals surface area contributed by atoms with Crippen molar-refractivity contribution in [2.24, 2.45) is 5.73 Å². The van der Waals surface area contributed by atoms with Crippen LogP contribution >= 0.6 is 0 Å². The van der Waals surface area contributed by atoms with Crippen molar-refractivity contribution in [3.05, 3.63) is 29.7 Å². The fourth-order valence-electron chi connectivity index (χ4n) is 1.29. The lowest BCUT2D eigenvalue weighted by Gasteiger charge is -1.99. The molecule has 0 aliphatic carbocycles. The Kier molecular flexibility index (Phi) is 2.23. The maximum atomic E-state index is 9.42. The summed E-state index contributed by atoms with van der Waals surface area (Å²) in [5, 5.41) is 9.42. The Labute approximate surface area is 81.4 Å². The molecule has 0 aliphatic heterocycles. The largest absolute Gasteiger partial charge is 0.438 e. The normalized spacial score (nSPS) is 13.4. The number of aliphatic hydroxyl groups is 1. The van der Waals surface area contributed by atoms with E-state index < -0.39 is 6.10 Å². The van der Waals surface area contributed by atoms with Gasteiger partial charge in [-0.05, 0) is 24.6 Å². The first-order chi connectivity index (χ1) is 6.70. The van der Waals surface area contributed by atoms with Crippen LogP contribution in [0.1, 0.15) is 17.6 Å². The van der Waals surface area contributed by atoms with Crippen molar-refractivity contribution in [1.82, 2.24) is 4.98 Å². The van der Waals surface area contributed by atoms with E-state index in [4.69, 9.17) is 10.2 Å². The minimum atomic E-state index is -0.817. The molecular weight excluding hydrogens is 180 g/mol. The van der Waals surface area contributed by atoms with E-state index in [1.54, 1.807) is 0 Å². The van der Waals surface area contributed by atoms with Gasteiger partial charge in [0.05, 0.1) is 0 Å². The molecule has 74 valence electrons. The second-order valence-corrected chi connectivity index (χ2v) is 3.27. The minimum absolute atomic E-state index is 0.117. The predicted octanol–water partition coefficient (Wildman–Crippen LogP) is 1.13. The van der Waals surface area contributed by atoms with Gasteiger partial charge in [0.2, 0.25) is 5.89 Å². The Bertz CT molecular complexity index is 450. The average Bonchev–Trinajstić information content (AvgIpc) is 2.59. The van der Waals surface area contributed by atoms with Crippen molar-refractivity contribution >= 4 is 11.1 Å². The third-order valence-corrected chi connectivity index (χ3v) is 2.07. The molecule has 0 bridgehead atoms. The molecule has 0 radical (unpaired) electrons. The van der Waals surface area contributed by atoms with E-state index in [-0.39, 0.29) is 12.4 Å². The summed E-state index contributed by atoms with van der Waals surface area (Å²) in [4.78, 5) is 4.13. The Morgan fingerprint density at radius 1 is 1.57 bits per heavy atom. The SMILES string of the molecule is Cc1ccc2nc(C(O)CN)oc2c1. The zero-order valence-electron chi connectivity index (χ0n) is 7.90. The van der Waals surface area contributed by atoms with E-state index in [0.717, 1.165) is 11.1 Å². The molecule has 0 saturated heterocycles. The van der Waals surface area contributed by atoms with Gasteiger partial charge in [-0.2, -0.15) is 0 Å². The molecule has 1 atom stereocenters. The lowest BCUT2D eigenvalue weighted by Crippen LogP contribution is -2.11. The van der Waals surface area contributed by atoms with E-state index in [9.17, 15) is 5.11 Å². The van der Waals surface area contributed by atoms with Crippen molar-refractivity contribution < 1.29 is 9.52 Å². The highest BCUT2D eigenvalue weighted by Crippen LogP contribution is 2.20. The maximum Gasteiger partial charge on any atom is 0.225 e. The number of aryl methyl sites for hydroxylation is 1. The highest BCUT2D eigenvalue weighted by molar-refractivity contribution is 5.73. The van der Waals surface area contributed by atoms with Crippen LogP contribution < -0.4 is 5.73 Å². The summed E-state index contributed by atoms with van der Waals surface area (Å²) in [7, 11) is 0. The molecule has 1 unspecified atom stereocenters. The Morgan fingerprint density at radius 3 is 3.07 bits per heavy atom. The van der Waals surface area contributed by atoms with Crippen LogP contribution in [-0.4, -0.2) is 16.6 Å². The summed E-state index contributed by atoms with van der Waals surface area (Å²) in [6.07, 6.45) is -0.817. The third kappa shape index (κ3) is 1.49. The first kappa shape index (κ1) is 9.18. The molecule has 1 aromatic heterocycles. The minimum Gasteiger partial charge on any atom is -0.438 e. The van der Waals surface area contributed by atoms with Crippen LogP contribution in [0.15, 0.2) is 22.6 Å². The van der Waals surface area contributed by atoms with Gasteiger partial charge in [0.25, 0.3) is 0 Å². The summed E-state index contributed by atoms with van der Waals surface area (Å²) in [5.74, 6) is 0.285. The van der Waals surface area contributed by atoms with E-state index >= 15 is 0 Å². The van der Waals surface area contributed by atoms with Crippen molar-refractivity contribution in [3.8, 4) is 0 Å². The Balaban J connectivity index is 2.51. The number of nitrogens with two attached hydrogens (primary N) is 1. The zero-order chi connectivity index (χ0) is 10.1. The summed E-state index contributed by atoms with van der Waals surface area (Å²) in [6.45, 7) is 2.09. The molecule has 2 rings (SSSR count). The van der Waals surface area contributed by atoms with E-state index in [0.29, 0.717) is 5.58 Å². The highest BCUT2D eigenvalue weighted by atomic mass is 16.4. The number of fused-ring (bicyclic) bond motifs is 1. The molecule has 0 fully saturated rings. The van der Waals surface area contributed by atoms with Crippen LogP contribution in [0, 0.1) is 6.92 Å². The number of aliphatic hydroxyl groups excluding tert-OH is 1. The fraction of sp³-hybridized carbons (Fsp3) is 0.300. The van der Waals surface area contributed by atoms with Crippen molar-refractivity contribution in [1.29, 1.82) is 0 Å². The third-order valence-electron chi connectivity index (χ3n) is 2.07. The van der Waals surface area contributed by atoms with Gasteiger partial charge < -0.3 is 15.3 Å². The number of benzene rings is 1. The lowest BCUT2D eigenvalue weighted by molar-refractivity contribution is 0.154. The number of hydrogen-bond donors (Lipinski definition) is 2. The fourth-order valence-corrected chi connectivity index (χ4v) is 1.29. The van der Waals surface area contributed by atoms with Gasteiger partial charge in [-0.3, -0.25) is 0 Å². The molecule has 1 aromatic carbocycles. The molecule has 3 N–H and O–H groups in total. The standard InChI is InChI=1S/C10H12N2O2/c1-6-2-3-7-9(4-6)14-10(12-7)8(13)5-11/h2-4,8,13H,5,11H2,1H3. The summed E-state index contributed by atoms with van der Waals surface area (Å²) >= 11 is 0. The number of oxazole rings is 1. The average molecular weight is 192 g/mol. The molecule has 1 heterocycles.